The van der Waals surface area contributed by atoms with E-state index in [2.05, 4.69) is 4.98 Å². The number of pyridine rings is 1. The summed E-state index contributed by atoms with van der Waals surface area (Å²) in [5.74, 6) is -1.91. The Bertz CT molecular complexity index is 539. The van der Waals surface area contributed by atoms with Crippen LogP contribution in [0, 0.1) is 0 Å². The minimum atomic E-state index is -4.46. The van der Waals surface area contributed by atoms with Crippen LogP contribution in [0.5, 0.6) is 0 Å². The second-order valence-electron chi connectivity index (χ2n) is 4.92. The maximum absolute atomic E-state index is 12.4. The van der Waals surface area contributed by atoms with E-state index in [0.717, 1.165) is 25.3 Å². The molecule has 0 saturated heterocycles. The first-order valence-electron chi connectivity index (χ1n) is 6.41. The Labute approximate surface area is 118 Å². The summed E-state index contributed by atoms with van der Waals surface area (Å²) in [6, 6.07) is 1.99. The number of hydrogen-bond donors (Lipinski definition) is 1. The van der Waals surface area contributed by atoms with E-state index in [-0.39, 0.29) is 18.3 Å². The number of hydrogen-bond acceptors (Lipinski definition) is 3. The first-order chi connectivity index (χ1) is 9.79. The lowest BCUT2D eigenvalue weighted by Gasteiger charge is -2.36. The van der Waals surface area contributed by atoms with Gasteiger partial charge in [0.2, 0.25) is 0 Å². The van der Waals surface area contributed by atoms with E-state index in [1.807, 2.05) is 0 Å². The van der Waals surface area contributed by atoms with E-state index in [4.69, 9.17) is 5.73 Å². The monoisotopic (exact) mass is 301 g/mol. The molecule has 2 N–H and O–H groups in total. The van der Waals surface area contributed by atoms with Gasteiger partial charge in [-0.05, 0) is 31.4 Å². The molecule has 8 heteroatoms. The Balaban J connectivity index is 2.13. The fourth-order valence-corrected chi connectivity index (χ4v) is 2.07. The molecule has 0 bridgehead atoms. The third-order valence-corrected chi connectivity index (χ3v) is 3.47. The first-order valence-corrected chi connectivity index (χ1v) is 6.41. The van der Waals surface area contributed by atoms with Crippen molar-refractivity contribution in [1.82, 2.24) is 9.88 Å². The largest absolute Gasteiger partial charge is 0.417 e. The summed E-state index contributed by atoms with van der Waals surface area (Å²) in [6.45, 7) is -0.0232. The van der Waals surface area contributed by atoms with Crippen molar-refractivity contribution >= 4 is 11.8 Å². The van der Waals surface area contributed by atoms with Crippen LogP contribution in [-0.4, -0.2) is 27.7 Å². The highest BCUT2D eigenvalue weighted by Crippen LogP contribution is 2.29. The number of halogens is 3. The van der Waals surface area contributed by atoms with Gasteiger partial charge in [-0.2, -0.15) is 13.2 Å². The van der Waals surface area contributed by atoms with Crippen molar-refractivity contribution in [1.29, 1.82) is 0 Å². The molecule has 5 nitrogen and oxygen atoms in total. The Morgan fingerprint density at radius 1 is 1.33 bits per heavy atom. The van der Waals surface area contributed by atoms with Crippen LogP contribution in [0.15, 0.2) is 18.3 Å². The molecule has 2 amide bonds. The average molecular weight is 301 g/mol. The van der Waals surface area contributed by atoms with Crippen molar-refractivity contribution in [2.75, 3.05) is 0 Å². The number of amides is 2. The summed E-state index contributed by atoms with van der Waals surface area (Å²) in [5, 5.41) is 0. The molecule has 1 aliphatic rings. The Morgan fingerprint density at radius 2 is 2.00 bits per heavy atom. The fraction of sp³-hybridized carbons (Fsp3) is 0.462. The van der Waals surface area contributed by atoms with E-state index in [9.17, 15) is 22.8 Å². The molecule has 1 aromatic heterocycles. The maximum atomic E-state index is 12.4. The van der Waals surface area contributed by atoms with Crippen LogP contribution in [-0.2, 0) is 22.3 Å². The fourth-order valence-electron chi connectivity index (χ4n) is 2.07. The van der Waals surface area contributed by atoms with E-state index in [0.29, 0.717) is 6.20 Å². The number of primary amides is 1. The van der Waals surface area contributed by atoms with Crippen molar-refractivity contribution < 1.29 is 22.8 Å². The smallest absolute Gasteiger partial charge is 0.361 e. The molecule has 1 aliphatic carbocycles. The van der Waals surface area contributed by atoms with Gasteiger partial charge in [-0.1, -0.05) is 0 Å². The van der Waals surface area contributed by atoms with Crippen molar-refractivity contribution in [3.8, 4) is 0 Å². The van der Waals surface area contributed by atoms with E-state index >= 15 is 0 Å². The van der Waals surface area contributed by atoms with Crippen LogP contribution in [0.3, 0.4) is 0 Å². The molecule has 0 radical (unpaired) electrons. The topological polar surface area (TPSA) is 76.3 Å². The number of alkyl halides is 3. The number of aromatic nitrogens is 1. The van der Waals surface area contributed by atoms with Gasteiger partial charge < -0.3 is 10.6 Å². The maximum Gasteiger partial charge on any atom is 0.417 e. The summed E-state index contributed by atoms with van der Waals surface area (Å²) in [4.78, 5) is 27.8. The third-order valence-electron chi connectivity index (χ3n) is 3.47. The predicted molar refractivity (Wildman–Crippen MR) is 66.6 cm³/mol. The second-order valence-corrected chi connectivity index (χ2v) is 4.92. The Morgan fingerprint density at radius 3 is 2.38 bits per heavy atom. The summed E-state index contributed by atoms with van der Waals surface area (Å²) >= 11 is 0. The second kappa shape index (κ2) is 5.71. The molecular formula is C13H14F3N3O2. The van der Waals surface area contributed by atoms with Gasteiger partial charge in [0.05, 0.1) is 17.8 Å². The molecule has 21 heavy (non-hydrogen) atoms. The SMILES string of the molecule is NC(=O)C(=O)N(Cc1ccc(C(F)(F)F)cn1)C1CCC1. The van der Waals surface area contributed by atoms with E-state index in [1.165, 1.54) is 11.0 Å². The lowest BCUT2D eigenvalue weighted by atomic mass is 9.91. The summed E-state index contributed by atoms with van der Waals surface area (Å²) in [7, 11) is 0. The predicted octanol–water partition coefficient (Wildman–Crippen LogP) is 1.47. The molecule has 0 atom stereocenters. The average Bonchev–Trinajstić information content (AvgIpc) is 2.34. The lowest BCUT2D eigenvalue weighted by molar-refractivity contribution is -0.147. The van der Waals surface area contributed by atoms with Gasteiger partial charge >= 0.3 is 18.0 Å². The highest BCUT2D eigenvalue weighted by Gasteiger charge is 2.33. The zero-order valence-electron chi connectivity index (χ0n) is 11.1. The van der Waals surface area contributed by atoms with Crippen molar-refractivity contribution in [3.05, 3.63) is 29.6 Å². The molecule has 1 saturated carbocycles. The molecule has 1 heterocycles. The van der Waals surface area contributed by atoms with Crippen LogP contribution in [0.1, 0.15) is 30.5 Å². The normalized spacial score (nSPS) is 15.4. The van der Waals surface area contributed by atoms with Gasteiger partial charge in [0.1, 0.15) is 0 Å². The highest BCUT2D eigenvalue weighted by molar-refractivity contribution is 6.34. The zero-order chi connectivity index (χ0) is 15.6. The molecule has 1 aromatic rings. The van der Waals surface area contributed by atoms with Crippen LogP contribution in [0.2, 0.25) is 0 Å². The van der Waals surface area contributed by atoms with Gasteiger partial charge in [-0.25, -0.2) is 0 Å². The van der Waals surface area contributed by atoms with Crippen molar-refractivity contribution in [2.24, 2.45) is 5.73 Å². The summed E-state index contributed by atoms with van der Waals surface area (Å²) in [5.41, 5.74) is 4.41. The molecule has 0 aromatic carbocycles. The minimum absolute atomic E-state index is 0.0232. The number of nitrogens with two attached hydrogens (primary N) is 1. The molecule has 0 unspecified atom stereocenters. The molecule has 114 valence electrons. The standard InChI is InChI=1S/C13H14F3N3O2/c14-13(15,16)8-4-5-9(18-6-8)7-19(10-2-1-3-10)12(21)11(17)20/h4-6,10H,1-3,7H2,(H2,17,20). The zero-order valence-corrected chi connectivity index (χ0v) is 11.1. The van der Waals surface area contributed by atoms with Crippen LogP contribution in [0.25, 0.3) is 0 Å². The van der Waals surface area contributed by atoms with Gasteiger partial charge in [0.25, 0.3) is 0 Å². The van der Waals surface area contributed by atoms with Gasteiger partial charge in [-0.15, -0.1) is 0 Å². The molecular weight excluding hydrogens is 287 g/mol. The van der Waals surface area contributed by atoms with E-state index in [1.54, 1.807) is 0 Å². The summed E-state index contributed by atoms with van der Waals surface area (Å²) in [6.07, 6.45) is -1.31. The number of carbonyl (C=O) groups is 2. The van der Waals surface area contributed by atoms with E-state index < -0.39 is 23.6 Å². The number of nitrogens with zero attached hydrogens (tertiary/aromatic N) is 2. The molecule has 0 aliphatic heterocycles. The molecule has 0 spiro atoms. The first kappa shape index (κ1) is 15.3. The molecule has 1 fully saturated rings. The quantitative estimate of drug-likeness (QED) is 0.859. The Kier molecular flexibility index (Phi) is 4.15. The van der Waals surface area contributed by atoms with Crippen LogP contribution >= 0.6 is 0 Å². The van der Waals surface area contributed by atoms with Crippen LogP contribution < -0.4 is 5.73 Å². The summed E-state index contributed by atoms with van der Waals surface area (Å²) < 4.78 is 37.3. The van der Waals surface area contributed by atoms with Crippen molar-refractivity contribution in [2.45, 2.75) is 38.0 Å². The lowest BCUT2D eigenvalue weighted by Crippen LogP contribution is -2.48. The minimum Gasteiger partial charge on any atom is -0.361 e. The van der Waals surface area contributed by atoms with Gasteiger partial charge in [-0.3, -0.25) is 14.6 Å². The van der Waals surface area contributed by atoms with Gasteiger partial charge in [0.15, 0.2) is 0 Å². The number of rotatable bonds is 3. The Hall–Kier alpha value is -2.12. The van der Waals surface area contributed by atoms with Crippen LogP contribution in [0.4, 0.5) is 13.2 Å². The highest BCUT2D eigenvalue weighted by atomic mass is 19.4. The van der Waals surface area contributed by atoms with Crippen molar-refractivity contribution in [3.63, 3.8) is 0 Å². The molecule has 2 rings (SSSR count). The number of carbonyl (C=O) groups excluding carboxylic acids is 2. The van der Waals surface area contributed by atoms with Gasteiger partial charge in [0, 0.05) is 12.2 Å². The third kappa shape index (κ3) is 3.50.